The lowest BCUT2D eigenvalue weighted by atomic mass is 10.0. The van der Waals surface area contributed by atoms with Crippen LogP contribution in [-0.2, 0) is 10.1 Å². The molecule has 2 aromatic rings. The van der Waals surface area contributed by atoms with E-state index in [0.29, 0.717) is 11.1 Å². The van der Waals surface area contributed by atoms with Crippen molar-refractivity contribution in [1.29, 1.82) is 0 Å². The number of aromatic carboxylic acids is 1. The summed E-state index contributed by atoms with van der Waals surface area (Å²) >= 11 is 0. The predicted molar refractivity (Wildman–Crippen MR) is 72.1 cm³/mol. The number of hydrogen-bond donors (Lipinski definition) is 2. The molecule has 0 aliphatic heterocycles. The zero-order chi connectivity index (χ0) is 15.4. The molecule has 2 aromatic carbocycles. The Morgan fingerprint density at radius 3 is 2.05 bits per heavy atom. The number of carbonyl (C=O) groups excluding carboxylic acids is 1. The smallest absolute Gasteiger partial charge is 0.335 e. The zero-order valence-electron chi connectivity index (χ0n) is 10.4. The topological polar surface area (TPSA) is 109 Å². The lowest BCUT2D eigenvalue weighted by Crippen LogP contribution is -2.02. The van der Waals surface area contributed by atoms with Crippen LogP contribution in [0.2, 0.25) is 0 Å². The van der Waals surface area contributed by atoms with Crippen LogP contribution in [0.1, 0.15) is 26.3 Å². The van der Waals surface area contributed by atoms with Crippen molar-refractivity contribution in [2.24, 2.45) is 0 Å². The van der Waals surface area contributed by atoms with Crippen molar-refractivity contribution in [2.75, 3.05) is 0 Å². The lowest BCUT2D eigenvalue weighted by Gasteiger charge is -2.02. The average Bonchev–Trinajstić information content (AvgIpc) is 2.70. The van der Waals surface area contributed by atoms with Crippen LogP contribution in [0.4, 0.5) is 0 Å². The maximum Gasteiger partial charge on any atom is 0.335 e. The molecule has 21 heavy (non-hydrogen) atoms. The minimum Gasteiger partial charge on any atom is -0.478 e. The third-order valence-electron chi connectivity index (χ3n) is 3.33. The van der Waals surface area contributed by atoms with Crippen LogP contribution in [0.5, 0.6) is 0 Å². The number of ketones is 1. The Labute approximate surface area is 119 Å². The first-order valence-corrected chi connectivity index (χ1v) is 7.27. The van der Waals surface area contributed by atoms with Crippen molar-refractivity contribution >= 4 is 21.9 Å². The van der Waals surface area contributed by atoms with Gasteiger partial charge in [0.1, 0.15) is 0 Å². The van der Waals surface area contributed by atoms with E-state index in [0.717, 1.165) is 6.07 Å². The number of carboxylic acids is 1. The van der Waals surface area contributed by atoms with Crippen molar-refractivity contribution in [3.05, 3.63) is 53.1 Å². The standard InChI is InChI=1S/C14H8O6S/c15-13-11-5-7(14(16)17)1-3-9(11)10-4-2-8(6-12(10)13)21(18,19)20/h1-6H,(H,16,17)(H,18,19,20). The van der Waals surface area contributed by atoms with Crippen LogP contribution < -0.4 is 0 Å². The summed E-state index contributed by atoms with van der Waals surface area (Å²) in [5.41, 5.74) is 1.37. The van der Waals surface area contributed by atoms with Crippen molar-refractivity contribution in [1.82, 2.24) is 0 Å². The zero-order valence-corrected chi connectivity index (χ0v) is 11.2. The first kappa shape index (κ1) is 13.5. The average molecular weight is 304 g/mol. The molecule has 1 aliphatic rings. The highest BCUT2D eigenvalue weighted by atomic mass is 32.2. The fourth-order valence-corrected chi connectivity index (χ4v) is 2.86. The molecule has 0 radical (unpaired) electrons. The molecule has 0 bridgehead atoms. The fourth-order valence-electron chi connectivity index (χ4n) is 2.35. The quantitative estimate of drug-likeness (QED) is 0.699. The van der Waals surface area contributed by atoms with E-state index >= 15 is 0 Å². The van der Waals surface area contributed by atoms with Gasteiger partial charge >= 0.3 is 5.97 Å². The fraction of sp³-hybridized carbons (Fsp3) is 0. The van der Waals surface area contributed by atoms with Crippen molar-refractivity contribution in [3.8, 4) is 11.1 Å². The predicted octanol–water partition coefficient (Wildman–Crippen LogP) is 1.84. The van der Waals surface area contributed by atoms with E-state index in [-0.39, 0.29) is 21.6 Å². The maximum atomic E-state index is 12.3. The van der Waals surface area contributed by atoms with E-state index in [1.807, 2.05) is 0 Å². The number of rotatable bonds is 2. The maximum absolute atomic E-state index is 12.3. The number of fused-ring (bicyclic) bond motifs is 3. The second kappa shape index (κ2) is 4.24. The summed E-state index contributed by atoms with van der Waals surface area (Å²) in [7, 11) is -4.40. The summed E-state index contributed by atoms with van der Waals surface area (Å²) in [4.78, 5) is 22.8. The molecule has 0 fully saturated rings. The summed E-state index contributed by atoms with van der Waals surface area (Å²) in [6.45, 7) is 0. The summed E-state index contributed by atoms with van der Waals surface area (Å²) in [5, 5.41) is 8.95. The number of benzene rings is 2. The molecule has 0 amide bonds. The molecular formula is C14H8O6S. The number of carbonyl (C=O) groups is 2. The largest absolute Gasteiger partial charge is 0.478 e. The first-order chi connectivity index (χ1) is 9.79. The van der Waals surface area contributed by atoms with E-state index in [4.69, 9.17) is 9.66 Å². The number of hydrogen-bond acceptors (Lipinski definition) is 4. The molecule has 106 valence electrons. The minimum atomic E-state index is -4.40. The van der Waals surface area contributed by atoms with E-state index in [1.165, 1.54) is 30.3 Å². The third-order valence-corrected chi connectivity index (χ3v) is 4.18. The van der Waals surface area contributed by atoms with Gasteiger partial charge < -0.3 is 5.11 Å². The molecule has 7 heteroatoms. The van der Waals surface area contributed by atoms with E-state index < -0.39 is 21.9 Å². The van der Waals surface area contributed by atoms with Crippen LogP contribution in [-0.4, -0.2) is 29.8 Å². The Morgan fingerprint density at radius 2 is 1.48 bits per heavy atom. The minimum absolute atomic E-state index is 0.0232. The van der Waals surface area contributed by atoms with Crippen LogP contribution in [0.3, 0.4) is 0 Å². The monoisotopic (exact) mass is 304 g/mol. The lowest BCUT2D eigenvalue weighted by molar-refractivity contribution is 0.0697. The van der Waals surface area contributed by atoms with Gasteiger partial charge in [0, 0.05) is 11.1 Å². The molecule has 0 atom stereocenters. The molecule has 6 nitrogen and oxygen atoms in total. The Bertz CT molecular complexity index is 911. The summed E-state index contributed by atoms with van der Waals surface area (Å²) in [6, 6.07) is 7.85. The summed E-state index contributed by atoms with van der Waals surface area (Å²) < 4.78 is 31.3. The van der Waals surface area contributed by atoms with Gasteiger partial charge in [0.25, 0.3) is 10.1 Å². The molecule has 0 saturated carbocycles. The van der Waals surface area contributed by atoms with Crippen molar-refractivity contribution in [3.63, 3.8) is 0 Å². The Balaban J connectivity index is 2.22. The second-order valence-corrected chi connectivity index (χ2v) is 6.00. The van der Waals surface area contributed by atoms with Gasteiger partial charge in [0.2, 0.25) is 0 Å². The van der Waals surface area contributed by atoms with Crippen molar-refractivity contribution < 1.29 is 27.7 Å². The van der Waals surface area contributed by atoms with Gasteiger partial charge in [-0.25, -0.2) is 4.79 Å². The highest BCUT2D eigenvalue weighted by molar-refractivity contribution is 7.85. The summed E-state index contributed by atoms with van der Waals surface area (Å²) in [5.74, 6) is -1.62. The molecule has 0 saturated heterocycles. The molecule has 2 N–H and O–H groups in total. The molecule has 0 heterocycles. The van der Waals surface area contributed by atoms with Gasteiger partial charge in [-0.05, 0) is 35.4 Å². The Morgan fingerprint density at radius 1 is 0.905 bits per heavy atom. The van der Waals surface area contributed by atoms with Crippen molar-refractivity contribution in [2.45, 2.75) is 4.90 Å². The molecular weight excluding hydrogens is 296 g/mol. The van der Waals surface area contributed by atoms with Gasteiger partial charge in [0.05, 0.1) is 10.5 Å². The van der Waals surface area contributed by atoms with E-state index in [2.05, 4.69) is 0 Å². The number of carboxylic acid groups (broad SMARTS) is 1. The third kappa shape index (κ3) is 2.03. The Kier molecular flexibility index (Phi) is 2.72. The second-order valence-electron chi connectivity index (χ2n) is 4.58. The highest BCUT2D eigenvalue weighted by Crippen LogP contribution is 2.38. The van der Waals surface area contributed by atoms with E-state index in [1.54, 1.807) is 0 Å². The van der Waals surface area contributed by atoms with Crippen LogP contribution >= 0.6 is 0 Å². The molecule has 0 unspecified atom stereocenters. The van der Waals surface area contributed by atoms with Gasteiger partial charge in [-0.2, -0.15) is 8.42 Å². The molecule has 0 spiro atoms. The SMILES string of the molecule is O=C(O)c1ccc2c(c1)C(=O)c1cc(S(=O)(=O)O)ccc1-2. The van der Waals surface area contributed by atoms with Gasteiger partial charge in [0.15, 0.2) is 5.78 Å². The van der Waals surface area contributed by atoms with Crippen LogP contribution in [0.15, 0.2) is 41.3 Å². The normalized spacial score (nSPS) is 12.9. The Hall–Kier alpha value is -2.51. The van der Waals surface area contributed by atoms with Gasteiger partial charge in [-0.15, -0.1) is 0 Å². The molecule has 0 aromatic heterocycles. The van der Waals surface area contributed by atoms with Gasteiger partial charge in [-0.3, -0.25) is 9.35 Å². The van der Waals surface area contributed by atoms with Crippen LogP contribution in [0.25, 0.3) is 11.1 Å². The van der Waals surface area contributed by atoms with Crippen LogP contribution in [0, 0.1) is 0 Å². The highest BCUT2D eigenvalue weighted by Gasteiger charge is 2.29. The summed E-state index contributed by atoms with van der Waals surface area (Å²) in [6.07, 6.45) is 0. The molecule has 3 rings (SSSR count). The van der Waals surface area contributed by atoms with E-state index in [9.17, 15) is 18.0 Å². The molecule has 1 aliphatic carbocycles. The van der Waals surface area contributed by atoms with Gasteiger partial charge in [-0.1, -0.05) is 12.1 Å². The first-order valence-electron chi connectivity index (χ1n) is 5.83.